The van der Waals surface area contributed by atoms with Crippen LogP contribution < -0.4 is 29.9 Å². The summed E-state index contributed by atoms with van der Waals surface area (Å²) in [4.78, 5) is 42.4. The lowest BCUT2D eigenvalue weighted by Gasteiger charge is -2.25. The van der Waals surface area contributed by atoms with Crippen LogP contribution in [0.1, 0.15) is 23.5 Å². The number of H-pyrrole nitrogens is 1. The number of ether oxygens (including phenoxy) is 4. The fourth-order valence-electron chi connectivity index (χ4n) is 5.19. The minimum Gasteiger partial charge on any atom is -0.507 e. The lowest BCUT2D eigenvalue weighted by molar-refractivity contribution is -0.135. The molecule has 0 fully saturated rings. The van der Waals surface area contributed by atoms with Gasteiger partial charge in [0.25, 0.3) is 5.56 Å². The molecule has 202 valence electrons. The summed E-state index contributed by atoms with van der Waals surface area (Å²) in [5, 5.41) is 11.5. The van der Waals surface area contributed by atoms with Crippen molar-refractivity contribution in [3.05, 3.63) is 86.5 Å². The molecule has 2 aromatic heterocycles. The largest absolute Gasteiger partial charge is 0.507 e. The third-order valence-electron chi connectivity index (χ3n) is 7.12. The summed E-state index contributed by atoms with van der Waals surface area (Å²) in [5.41, 5.74) is 0.933. The molecule has 1 atom stereocenters. The van der Waals surface area contributed by atoms with E-state index in [1.807, 2.05) is 0 Å². The first kappa shape index (κ1) is 25.1. The number of aromatic amines is 1. The van der Waals surface area contributed by atoms with Crippen LogP contribution in [0.3, 0.4) is 0 Å². The predicted molar refractivity (Wildman–Crippen MR) is 146 cm³/mol. The molecule has 0 saturated heterocycles. The van der Waals surface area contributed by atoms with Crippen molar-refractivity contribution in [2.24, 2.45) is 0 Å². The second kappa shape index (κ2) is 9.49. The first-order valence-electron chi connectivity index (χ1n) is 12.3. The number of pyridine rings is 1. The van der Waals surface area contributed by atoms with Gasteiger partial charge in [0, 0.05) is 34.0 Å². The number of nitrogens with one attached hydrogen (secondary N) is 1. The molecule has 40 heavy (non-hydrogen) atoms. The van der Waals surface area contributed by atoms with E-state index >= 15 is 0 Å². The monoisotopic (exact) mass is 541 g/mol. The average molecular weight is 542 g/mol. The highest BCUT2D eigenvalue weighted by Crippen LogP contribution is 2.45. The van der Waals surface area contributed by atoms with Crippen molar-refractivity contribution in [3.63, 3.8) is 0 Å². The molecule has 10 nitrogen and oxygen atoms in total. The molecule has 0 saturated carbocycles. The van der Waals surface area contributed by atoms with Gasteiger partial charge in [-0.3, -0.25) is 14.4 Å². The molecule has 10 heteroatoms. The lowest BCUT2D eigenvalue weighted by Crippen LogP contribution is -2.26. The van der Waals surface area contributed by atoms with E-state index in [-0.39, 0.29) is 34.3 Å². The molecule has 0 spiro atoms. The average Bonchev–Trinajstić information content (AvgIpc) is 2.95. The van der Waals surface area contributed by atoms with Crippen LogP contribution in [0.2, 0.25) is 0 Å². The van der Waals surface area contributed by atoms with Gasteiger partial charge in [-0.2, -0.15) is 0 Å². The number of aromatic nitrogens is 1. The van der Waals surface area contributed by atoms with E-state index in [0.717, 1.165) is 0 Å². The lowest BCUT2D eigenvalue weighted by atomic mass is 9.85. The number of phenolic OH excluding ortho intramolecular Hbond substituents is 1. The van der Waals surface area contributed by atoms with E-state index in [9.17, 15) is 19.5 Å². The molecular weight excluding hydrogens is 518 g/mol. The van der Waals surface area contributed by atoms with Crippen LogP contribution in [0.4, 0.5) is 0 Å². The second-order valence-corrected chi connectivity index (χ2v) is 9.30. The number of hydrogen-bond donors (Lipinski definition) is 2. The van der Waals surface area contributed by atoms with Gasteiger partial charge in [0.2, 0.25) is 5.43 Å². The number of carbonyl (C=O) groups is 1. The zero-order valence-electron chi connectivity index (χ0n) is 21.7. The number of carbonyl (C=O) groups excluding carboxylic acids is 1. The third kappa shape index (κ3) is 3.92. The Kier molecular flexibility index (Phi) is 5.95. The van der Waals surface area contributed by atoms with Crippen molar-refractivity contribution < 1.29 is 33.3 Å². The maximum absolute atomic E-state index is 13.7. The summed E-state index contributed by atoms with van der Waals surface area (Å²) in [5.74, 6) is -0.323. The molecule has 0 radical (unpaired) electrons. The van der Waals surface area contributed by atoms with E-state index in [2.05, 4.69) is 4.98 Å². The second-order valence-electron chi connectivity index (χ2n) is 9.30. The number of rotatable bonds is 5. The summed E-state index contributed by atoms with van der Waals surface area (Å²) in [6.07, 6.45) is 1.10. The highest BCUT2D eigenvalue weighted by Gasteiger charge is 2.35. The molecule has 0 bridgehead atoms. The summed E-state index contributed by atoms with van der Waals surface area (Å²) >= 11 is 0. The smallest absolute Gasteiger partial charge is 0.312 e. The highest BCUT2D eigenvalue weighted by molar-refractivity contribution is 5.94. The molecule has 6 rings (SSSR count). The van der Waals surface area contributed by atoms with Gasteiger partial charge in [0.1, 0.15) is 34.5 Å². The fourth-order valence-corrected chi connectivity index (χ4v) is 5.19. The third-order valence-corrected chi connectivity index (χ3v) is 7.12. The molecule has 0 amide bonds. The minimum atomic E-state index is -0.811. The first-order valence-corrected chi connectivity index (χ1v) is 12.3. The van der Waals surface area contributed by atoms with Gasteiger partial charge in [0.05, 0.1) is 33.3 Å². The van der Waals surface area contributed by atoms with Crippen LogP contribution in [0, 0.1) is 0 Å². The molecule has 1 aliphatic rings. The minimum absolute atomic E-state index is 0.0124. The van der Waals surface area contributed by atoms with Gasteiger partial charge in [-0.15, -0.1) is 0 Å². The topological polar surface area (TPSA) is 137 Å². The molecule has 0 aliphatic carbocycles. The SMILES string of the molecule is COc1ccc2[nH]c(=O)c(C3CC(=O)Oc4cc(O)c5c(=O)c(-c6ccc(OC)c(OC)c6)coc5c43)cc2c1. The van der Waals surface area contributed by atoms with Crippen molar-refractivity contribution in [1.29, 1.82) is 0 Å². The van der Waals surface area contributed by atoms with Crippen molar-refractivity contribution in [2.75, 3.05) is 21.3 Å². The molecule has 1 aliphatic heterocycles. The Morgan fingerprint density at radius 2 is 1.73 bits per heavy atom. The van der Waals surface area contributed by atoms with Gasteiger partial charge in [-0.05, 0) is 42.0 Å². The number of esters is 1. The number of aromatic hydroxyl groups is 1. The number of fused-ring (bicyclic) bond motifs is 4. The van der Waals surface area contributed by atoms with Crippen molar-refractivity contribution in [2.45, 2.75) is 12.3 Å². The zero-order chi connectivity index (χ0) is 28.1. The maximum atomic E-state index is 13.7. The van der Waals surface area contributed by atoms with Crippen LogP contribution in [0.5, 0.6) is 28.7 Å². The predicted octanol–water partition coefficient (Wildman–Crippen LogP) is 4.47. The van der Waals surface area contributed by atoms with Crippen molar-refractivity contribution in [3.8, 4) is 39.9 Å². The Hall–Kier alpha value is -5.25. The Morgan fingerprint density at radius 1 is 0.925 bits per heavy atom. The number of phenols is 1. The molecule has 3 aromatic carbocycles. The van der Waals surface area contributed by atoms with Gasteiger partial charge in [0.15, 0.2) is 11.5 Å². The summed E-state index contributed by atoms with van der Waals surface area (Å²) in [6, 6.07) is 13.1. The first-order chi connectivity index (χ1) is 19.3. The summed E-state index contributed by atoms with van der Waals surface area (Å²) in [6.45, 7) is 0. The van der Waals surface area contributed by atoms with Gasteiger partial charge >= 0.3 is 5.97 Å². The molecule has 5 aromatic rings. The number of hydrogen-bond acceptors (Lipinski definition) is 9. The summed E-state index contributed by atoms with van der Waals surface area (Å²) < 4.78 is 27.4. The fraction of sp³-hybridized carbons (Fsp3) is 0.167. The van der Waals surface area contributed by atoms with Crippen LogP contribution >= 0.6 is 0 Å². The molecule has 1 unspecified atom stereocenters. The number of benzene rings is 3. The Morgan fingerprint density at radius 3 is 2.48 bits per heavy atom. The van der Waals surface area contributed by atoms with E-state index < -0.39 is 28.6 Å². The maximum Gasteiger partial charge on any atom is 0.312 e. The standard InChI is InChI=1S/C30H23NO9/c1-36-16-5-6-20-15(8-16)9-18(30(35)31-20)17-11-25(33)40-24-12-21(32)27-28(34)19(13-39-29(27)26(17)24)14-4-7-22(37-2)23(10-14)38-3/h4-10,12-13,17,32H,11H2,1-3H3,(H,31,35). The van der Waals surface area contributed by atoms with Gasteiger partial charge < -0.3 is 33.5 Å². The molecular formula is C30H23NO9. The number of methoxy groups -OCH3 is 3. The molecule has 2 N–H and O–H groups in total. The molecule has 3 heterocycles. The quantitative estimate of drug-likeness (QED) is 0.244. The van der Waals surface area contributed by atoms with E-state index in [4.69, 9.17) is 23.4 Å². The van der Waals surface area contributed by atoms with E-state index in [1.165, 1.54) is 33.7 Å². The Balaban J connectivity index is 1.58. The van der Waals surface area contributed by atoms with Crippen molar-refractivity contribution in [1.82, 2.24) is 4.98 Å². The van der Waals surface area contributed by atoms with Gasteiger partial charge in [-0.25, -0.2) is 0 Å². The van der Waals surface area contributed by atoms with Crippen molar-refractivity contribution >= 4 is 27.8 Å². The van der Waals surface area contributed by atoms with Crippen LogP contribution in [-0.4, -0.2) is 37.4 Å². The zero-order valence-corrected chi connectivity index (χ0v) is 21.7. The Labute approximate surface area is 226 Å². The van der Waals surface area contributed by atoms with Crippen LogP contribution in [0.25, 0.3) is 33.0 Å². The highest BCUT2D eigenvalue weighted by atomic mass is 16.5. The Bertz CT molecular complexity index is 1950. The van der Waals surface area contributed by atoms with Crippen LogP contribution in [-0.2, 0) is 4.79 Å². The van der Waals surface area contributed by atoms with E-state index in [0.29, 0.717) is 39.3 Å². The summed E-state index contributed by atoms with van der Waals surface area (Å²) in [7, 11) is 4.52. The van der Waals surface area contributed by atoms with Crippen LogP contribution in [0.15, 0.2) is 68.8 Å². The van der Waals surface area contributed by atoms with E-state index in [1.54, 1.807) is 42.5 Å². The normalized spacial score (nSPS) is 14.6. The van der Waals surface area contributed by atoms with Gasteiger partial charge in [-0.1, -0.05) is 6.07 Å².